The van der Waals surface area contributed by atoms with Gasteiger partial charge >= 0.3 is 5.97 Å². The van der Waals surface area contributed by atoms with E-state index in [1.165, 1.54) is 22.9 Å². The van der Waals surface area contributed by atoms with Crippen molar-refractivity contribution >= 4 is 11.9 Å². The molecule has 0 atom stereocenters. The van der Waals surface area contributed by atoms with Gasteiger partial charge in [0.15, 0.2) is 5.69 Å². The molecule has 0 fully saturated rings. The van der Waals surface area contributed by atoms with Gasteiger partial charge in [-0.25, -0.2) is 9.48 Å². The monoisotopic (exact) mass is 391 g/mol. The predicted molar refractivity (Wildman–Crippen MR) is 108 cm³/mol. The van der Waals surface area contributed by atoms with Crippen molar-refractivity contribution < 1.29 is 14.3 Å². The summed E-state index contributed by atoms with van der Waals surface area (Å²) < 4.78 is 6.56. The predicted octanol–water partition coefficient (Wildman–Crippen LogP) is 2.80. The number of ether oxygens (including phenoxy) is 1. The summed E-state index contributed by atoms with van der Waals surface area (Å²) in [6, 6.07) is 18.5. The molecule has 3 aromatic rings. The zero-order valence-corrected chi connectivity index (χ0v) is 16.0. The Balaban J connectivity index is 1.67. The van der Waals surface area contributed by atoms with Crippen molar-refractivity contribution in [3.8, 4) is 5.75 Å². The second kappa shape index (κ2) is 9.45. The van der Waals surface area contributed by atoms with Crippen LogP contribution < -0.4 is 15.6 Å². The standard InChI is InChI=1S/C22H21N3O4/c1-2-13-25-20(26)12-11-19(24-25)22(28)29-18-10-6-9-17(14-18)21(27)23-15-16-7-4-3-5-8-16/h3-12,14H,2,13,15H2,1H3,(H,23,27). The third-order valence-corrected chi connectivity index (χ3v) is 4.11. The fourth-order valence-corrected chi connectivity index (χ4v) is 2.67. The van der Waals surface area contributed by atoms with E-state index in [-0.39, 0.29) is 22.9 Å². The molecule has 0 unspecified atom stereocenters. The summed E-state index contributed by atoms with van der Waals surface area (Å²) in [6.45, 7) is 2.72. The zero-order valence-electron chi connectivity index (χ0n) is 16.0. The molecule has 7 nitrogen and oxygen atoms in total. The average molecular weight is 391 g/mol. The molecule has 1 amide bonds. The minimum atomic E-state index is -0.698. The van der Waals surface area contributed by atoms with Crippen molar-refractivity contribution in [1.29, 1.82) is 0 Å². The van der Waals surface area contributed by atoms with Gasteiger partial charge in [0.25, 0.3) is 11.5 Å². The van der Waals surface area contributed by atoms with Crippen molar-refractivity contribution in [1.82, 2.24) is 15.1 Å². The van der Waals surface area contributed by atoms with Crippen LogP contribution in [0.3, 0.4) is 0 Å². The molecule has 0 spiro atoms. The van der Waals surface area contributed by atoms with E-state index in [1.807, 2.05) is 37.3 Å². The van der Waals surface area contributed by atoms with Crippen molar-refractivity contribution in [3.05, 3.63) is 93.9 Å². The van der Waals surface area contributed by atoms with Crippen LogP contribution in [-0.2, 0) is 13.1 Å². The first-order valence-electron chi connectivity index (χ1n) is 9.29. The number of nitrogens with one attached hydrogen (secondary N) is 1. The summed E-state index contributed by atoms with van der Waals surface area (Å²) in [5, 5.41) is 6.85. The second-order valence-electron chi connectivity index (χ2n) is 6.37. The number of benzene rings is 2. The maximum Gasteiger partial charge on any atom is 0.364 e. The van der Waals surface area contributed by atoms with E-state index in [1.54, 1.807) is 18.2 Å². The lowest BCUT2D eigenvalue weighted by Crippen LogP contribution is -2.25. The Morgan fingerprint density at radius 3 is 2.59 bits per heavy atom. The number of hydrogen-bond donors (Lipinski definition) is 1. The van der Waals surface area contributed by atoms with Crippen molar-refractivity contribution in [2.75, 3.05) is 0 Å². The minimum Gasteiger partial charge on any atom is -0.422 e. The highest BCUT2D eigenvalue weighted by atomic mass is 16.5. The summed E-state index contributed by atoms with van der Waals surface area (Å²) in [6.07, 6.45) is 0.714. The molecule has 0 saturated heterocycles. The van der Waals surface area contributed by atoms with E-state index in [2.05, 4.69) is 10.4 Å². The molecule has 0 aliphatic heterocycles. The van der Waals surface area contributed by atoms with Gasteiger partial charge in [-0.2, -0.15) is 5.10 Å². The Kier molecular flexibility index (Phi) is 6.52. The van der Waals surface area contributed by atoms with Crippen molar-refractivity contribution in [2.45, 2.75) is 26.4 Å². The summed E-state index contributed by atoms with van der Waals surface area (Å²) in [5.41, 5.74) is 1.10. The van der Waals surface area contributed by atoms with Gasteiger partial charge < -0.3 is 10.1 Å². The van der Waals surface area contributed by atoms with E-state index in [4.69, 9.17) is 4.74 Å². The largest absolute Gasteiger partial charge is 0.422 e. The smallest absolute Gasteiger partial charge is 0.364 e. The van der Waals surface area contributed by atoms with Crippen LogP contribution >= 0.6 is 0 Å². The summed E-state index contributed by atoms with van der Waals surface area (Å²) >= 11 is 0. The topological polar surface area (TPSA) is 90.3 Å². The van der Waals surface area contributed by atoms with Gasteiger partial charge in [0.05, 0.1) is 0 Å². The lowest BCUT2D eigenvalue weighted by molar-refractivity contribution is 0.0724. The number of carbonyl (C=O) groups is 2. The van der Waals surface area contributed by atoms with Gasteiger partial charge in [0.1, 0.15) is 5.75 Å². The van der Waals surface area contributed by atoms with Gasteiger partial charge in [-0.05, 0) is 36.2 Å². The van der Waals surface area contributed by atoms with Gasteiger partial charge in [-0.1, -0.05) is 43.3 Å². The van der Waals surface area contributed by atoms with Gasteiger partial charge in [-0.15, -0.1) is 0 Å². The number of hydrogen-bond acceptors (Lipinski definition) is 5. The first-order chi connectivity index (χ1) is 14.1. The van der Waals surface area contributed by atoms with E-state index in [0.29, 0.717) is 25.1 Å². The average Bonchev–Trinajstić information content (AvgIpc) is 2.74. The number of rotatable bonds is 7. The van der Waals surface area contributed by atoms with E-state index in [9.17, 15) is 14.4 Å². The molecular formula is C22H21N3O4. The first kappa shape index (κ1) is 20.0. The molecule has 0 bridgehead atoms. The van der Waals surface area contributed by atoms with Gasteiger partial charge in [0, 0.05) is 24.7 Å². The maximum absolute atomic E-state index is 12.4. The lowest BCUT2D eigenvalue weighted by atomic mass is 10.2. The normalized spacial score (nSPS) is 10.4. The number of amides is 1. The highest BCUT2D eigenvalue weighted by molar-refractivity contribution is 5.95. The van der Waals surface area contributed by atoms with Crippen LogP contribution in [0.25, 0.3) is 0 Å². The molecule has 1 heterocycles. The maximum atomic E-state index is 12.4. The van der Waals surface area contributed by atoms with Crippen LogP contribution in [-0.4, -0.2) is 21.7 Å². The summed E-state index contributed by atoms with van der Waals surface area (Å²) in [5.74, 6) is -0.754. The Bertz CT molecular complexity index is 1060. The SMILES string of the molecule is CCCn1nc(C(=O)Oc2cccc(C(=O)NCc3ccccc3)c2)ccc1=O. The van der Waals surface area contributed by atoms with Crippen LogP contribution in [0.4, 0.5) is 0 Å². The number of aromatic nitrogens is 2. The number of esters is 1. The number of nitrogens with zero attached hydrogens (tertiary/aromatic N) is 2. The third kappa shape index (κ3) is 5.38. The third-order valence-electron chi connectivity index (χ3n) is 4.11. The lowest BCUT2D eigenvalue weighted by Gasteiger charge is -2.08. The Labute approximate surface area is 168 Å². The molecule has 3 rings (SSSR count). The molecule has 0 radical (unpaired) electrons. The molecule has 148 valence electrons. The van der Waals surface area contributed by atoms with Crippen LogP contribution in [0.5, 0.6) is 5.75 Å². The highest BCUT2D eigenvalue weighted by Gasteiger charge is 2.14. The molecule has 2 aromatic carbocycles. The molecule has 1 N–H and O–H groups in total. The van der Waals surface area contributed by atoms with E-state index < -0.39 is 5.97 Å². The van der Waals surface area contributed by atoms with Gasteiger partial charge in [-0.3, -0.25) is 9.59 Å². The van der Waals surface area contributed by atoms with Crippen LogP contribution in [0, 0.1) is 0 Å². The molecule has 1 aromatic heterocycles. The first-order valence-corrected chi connectivity index (χ1v) is 9.29. The second-order valence-corrected chi connectivity index (χ2v) is 6.37. The molecule has 0 aliphatic rings. The number of carbonyl (C=O) groups excluding carboxylic acids is 2. The molecule has 7 heteroatoms. The fraction of sp³-hybridized carbons (Fsp3) is 0.182. The highest BCUT2D eigenvalue weighted by Crippen LogP contribution is 2.15. The number of aryl methyl sites for hydroxylation is 1. The molecule has 0 saturated carbocycles. The molecule has 29 heavy (non-hydrogen) atoms. The Morgan fingerprint density at radius 2 is 1.83 bits per heavy atom. The minimum absolute atomic E-state index is 0.0250. The van der Waals surface area contributed by atoms with E-state index in [0.717, 1.165) is 5.56 Å². The van der Waals surface area contributed by atoms with Crippen molar-refractivity contribution in [2.24, 2.45) is 0 Å². The van der Waals surface area contributed by atoms with Crippen LogP contribution in [0.15, 0.2) is 71.5 Å². The summed E-state index contributed by atoms with van der Waals surface area (Å²) in [7, 11) is 0. The van der Waals surface area contributed by atoms with Crippen LogP contribution in [0.2, 0.25) is 0 Å². The van der Waals surface area contributed by atoms with Crippen LogP contribution in [0.1, 0.15) is 39.8 Å². The van der Waals surface area contributed by atoms with Gasteiger partial charge in [0.2, 0.25) is 0 Å². The van der Waals surface area contributed by atoms with E-state index >= 15 is 0 Å². The Morgan fingerprint density at radius 1 is 1.03 bits per heavy atom. The quantitative estimate of drug-likeness (QED) is 0.494. The molecule has 0 aliphatic carbocycles. The Hall–Kier alpha value is -3.74. The molecular weight excluding hydrogens is 370 g/mol. The fourth-order valence-electron chi connectivity index (χ4n) is 2.67. The van der Waals surface area contributed by atoms with Crippen molar-refractivity contribution in [3.63, 3.8) is 0 Å². The zero-order chi connectivity index (χ0) is 20.6. The summed E-state index contributed by atoms with van der Waals surface area (Å²) in [4.78, 5) is 36.5.